The minimum atomic E-state index is 0.0364. The number of rotatable bonds is 3. The summed E-state index contributed by atoms with van der Waals surface area (Å²) in [5.74, 6) is 1.30. The van der Waals surface area contributed by atoms with Crippen molar-refractivity contribution in [3.05, 3.63) is 60.5 Å². The van der Waals surface area contributed by atoms with Crippen molar-refractivity contribution in [3.8, 4) is 11.5 Å². The van der Waals surface area contributed by atoms with E-state index < -0.39 is 0 Å². The van der Waals surface area contributed by atoms with Crippen LogP contribution in [0.3, 0.4) is 0 Å². The van der Waals surface area contributed by atoms with Gasteiger partial charge in [0.25, 0.3) is 11.8 Å². The second-order valence-corrected chi connectivity index (χ2v) is 6.79. The average Bonchev–Trinajstić information content (AvgIpc) is 3.47. The van der Waals surface area contributed by atoms with Crippen molar-refractivity contribution < 1.29 is 13.6 Å². The first-order valence-corrected chi connectivity index (χ1v) is 9.01. The molecular weight excluding hydrogens is 344 g/mol. The molecule has 0 atom stereocenters. The summed E-state index contributed by atoms with van der Waals surface area (Å²) in [5, 5.41) is 9.33. The molecule has 0 aliphatic carbocycles. The quantitative estimate of drug-likeness (QED) is 0.598. The number of carbonyl (C=O) groups is 1. The Balaban J connectivity index is 1.26. The number of piperidine rings is 1. The fourth-order valence-corrected chi connectivity index (χ4v) is 3.59. The maximum Gasteiger partial charge on any atom is 0.270 e. The van der Waals surface area contributed by atoms with Gasteiger partial charge in [-0.1, -0.05) is 18.2 Å². The third-order valence-corrected chi connectivity index (χ3v) is 5.10. The monoisotopic (exact) mass is 362 g/mol. The summed E-state index contributed by atoms with van der Waals surface area (Å²) < 4.78 is 10.8. The lowest BCUT2D eigenvalue weighted by atomic mass is 9.96. The van der Waals surface area contributed by atoms with Crippen molar-refractivity contribution in [1.29, 1.82) is 0 Å². The maximum atomic E-state index is 12.8. The molecule has 0 bridgehead atoms. The van der Waals surface area contributed by atoms with Gasteiger partial charge in [0, 0.05) is 29.9 Å². The number of nitrogens with one attached hydrogen (secondary N) is 1. The van der Waals surface area contributed by atoms with Crippen molar-refractivity contribution in [1.82, 2.24) is 20.1 Å². The molecule has 1 N–H and O–H groups in total. The number of hydrogen-bond donors (Lipinski definition) is 1. The Kier molecular flexibility index (Phi) is 3.78. The lowest BCUT2D eigenvalue weighted by molar-refractivity contribution is 0.0701. The largest absolute Gasteiger partial charge is 0.472 e. The van der Waals surface area contributed by atoms with Gasteiger partial charge in [0.1, 0.15) is 12.0 Å². The number of aromatic amines is 1. The minimum Gasteiger partial charge on any atom is -0.472 e. The van der Waals surface area contributed by atoms with E-state index in [-0.39, 0.29) is 11.8 Å². The molecule has 1 aliphatic rings. The fraction of sp³-hybridized carbons (Fsp3) is 0.250. The minimum absolute atomic E-state index is 0.0364. The smallest absolute Gasteiger partial charge is 0.270 e. The van der Waals surface area contributed by atoms with E-state index in [4.69, 9.17) is 8.83 Å². The molecule has 27 heavy (non-hydrogen) atoms. The molecule has 7 nitrogen and oxygen atoms in total. The van der Waals surface area contributed by atoms with E-state index in [2.05, 4.69) is 15.2 Å². The van der Waals surface area contributed by atoms with Crippen LogP contribution in [0, 0.1) is 0 Å². The van der Waals surface area contributed by atoms with E-state index >= 15 is 0 Å². The van der Waals surface area contributed by atoms with Gasteiger partial charge in [0.2, 0.25) is 5.89 Å². The van der Waals surface area contributed by atoms with Gasteiger partial charge < -0.3 is 18.7 Å². The van der Waals surface area contributed by atoms with Gasteiger partial charge in [-0.05, 0) is 31.0 Å². The summed E-state index contributed by atoms with van der Waals surface area (Å²) in [6.45, 7) is 1.34. The molecule has 1 aromatic carbocycles. The molecule has 5 rings (SSSR count). The highest BCUT2D eigenvalue weighted by atomic mass is 16.4. The molecule has 3 aromatic heterocycles. The molecule has 0 unspecified atom stereocenters. The first-order chi connectivity index (χ1) is 13.3. The van der Waals surface area contributed by atoms with Crippen LogP contribution in [0.4, 0.5) is 0 Å². The molecule has 1 amide bonds. The molecule has 0 radical (unpaired) electrons. The Morgan fingerprint density at radius 1 is 1.15 bits per heavy atom. The number of nitrogens with zero attached hydrogens (tertiary/aromatic N) is 3. The fourth-order valence-electron chi connectivity index (χ4n) is 3.59. The number of para-hydroxylation sites is 1. The number of fused-ring (bicyclic) bond motifs is 1. The summed E-state index contributed by atoms with van der Waals surface area (Å²) in [5.41, 5.74) is 2.39. The van der Waals surface area contributed by atoms with Gasteiger partial charge in [0.05, 0.1) is 11.8 Å². The maximum absolute atomic E-state index is 12.8. The van der Waals surface area contributed by atoms with Gasteiger partial charge in [0.15, 0.2) is 0 Å². The van der Waals surface area contributed by atoms with Crippen LogP contribution in [-0.4, -0.2) is 39.1 Å². The molecular formula is C20H18N4O3. The van der Waals surface area contributed by atoms with Gasteiger partial charge in [-0.25, -0.2) is 0 Å². The number of benzene rings is 1. The van der Waals surface area contributed by atoms with Crippen LogP contribution >= 0.6 is 0 Å². The zero-order chi connectivity index (χ0) is 18.2. The number of H-pyrrole nitrogens is 1. The normalized spacial score (nSPS) is 15.5. The van der Waals surface area contributed by atoms with E-state index in [9.17, 15) is 4.79 Å². The Bertz CT molecular complexity index is 1040. The highest BCUT2D eigenvalue weighted by Gasteiger charge is 2.28. The first-order valence-electron chi connectivity index (χ1n) is 9.01. The Morgan fingerprint density at radius 2 is 2.00 bits per heavy atom. The number of amides is 1. The van der Waals surface area contributed by atoms with Crippen LogP contribution in [0.15, 0.2) is 57.8 Å². The summed E-state index contributed by atoms with van der Waals surface area (Å²) in [7, 11) is 0. The molecule has 4 aromatic rings. The molecule has 1 fully saturated rings. The van der Waals surface area contributed by atoms with E-state index in [1.807, 2.05) is 35.2 Å². The standard InChI is InChI=1S/C20H18N4O3/c25-20(17-11-14-3-1-2-4-16(14)21-17)24-8-5-13(6-9-24)18-22-23-19(27-18)15-7-10-26-12-15/h1-4,7,10-13,21H,5-6,8-9H2. The highest BCUT2D eigenvalue weighted by Crippen LogP contribution is 2.30. The first kappa shape index (κ1) is 15.9. The van der Waals surface area contributed by atoms with Crippen molar-refractivity contribution >= 4 is 16.8 Å². The van der Waals surface area contributed by atoms with Crippen LogP contribution < -0.4 is 0 Å². The van der Waals surface area contributed by atoms with E-state index in [1.54, 1.807) is 18.6 Å². The Morgan fingerprint density at radius 3 is 2.78 bits per heavy atom. The molecule has 4 heterocycles. The van der Waals surface area contributed by atoms with E-state index in [0.29, 0.717) is 30.6 Å². The molecule has 7 heteroatoms. The summed E-state index contributed by atoms with van der Waals surface area (Å²) in [4.78, 5) is 17.9. The lowest BCUT2D eigenvalue weighted by Gasteiger charge is -2.30. The number of likely N-dealkylation sites (tertiary alicyclic amines) is 1. The predicted molar refractivity (Wildman–Crippen MR) is 98.2 cm³/mol. The summed E-state index contributed by atoms with van der Waals surface area (Å²) in [6, 6.07) is 11.6. The van der Waals surface area contributed by atoms with Crippen LogP contribution in [-0.2, 0) is 0 Å². The van der Waals surface area contributed by atoms with E-state index in [1.165, 1.54) is 0 Å². The number of carbonyl (C=O) groups excluding carboxylic acids is 1. The molecule has 1 aliphatic heterocycles. The lowest BCUT2D eigenvalue weighted by Crippen LogP contribution is -2.38. The molecule has 0 spiro atoms. The number of aromatic nitrogens is 3. The van der Waals surface area contributed by atoms with Crippen molar-refractivity contribution in [2.75, 3.05) is 13.1 Å². The molecule has 136 valence electrons. The van der Waals surface area contributed by atoms with Gasteiger partial charge >= 0.3 is 0 Å². The van der Waals surface area contributed by atoms with Crippen molar-refractivity contribution in [2.24, 2.45) is 0 Å². The van der Waals surface area contributed by atoms with Crippen molar-refractivity contribution in [3.63, 3.8) is 0 Å². The predicted octanol–water partition coefficient (Wildman–Crippen LogP) is 3.83. The van der Waals surface area contributed by atoms with Gasteiger partial charge in [-0.2, -0.15) is 0 Å². The molecule has 1 saturated heterocycles. The van der Waals surface area contributed by atoms with Crippen LogP contribution in [0.5, 0.6) is 0 Å². The van der Waals surface area contributed by atoms with Crippen LogP contribution in [0.25, 0.3) is 22.4 Å². The zero-order valence-corrected chi connectivity index (χ0v) is 14.6. The SMILES string of the molecule is O=C(c1cc2ccccc2[nH]1)N1CCC(c2nnc(-c3ccoc3)o2)CC1. The number of hydrogen-bond acceptors (Lipinski definition) is 5. The average molecular weight is 362 g/mol. The highest BCUT2D eigenvalue weighted by molar-refractivity contribution is 5.98. The van der Waals surface area contributed by atoms with Crippen LogP contribution in [0.1, 0.15) is 35.1 Å². The Hall–Kier alpha value is -3.35. The topological polar surface area (TPSA) is 88.2 Å². The Labute approximate surface area is 155 Å². The third-order valence-electron chi connectivity index (χ3n) is 5.10. The number of furan rings is 1. The second-order valence-electron chi connectivity index (χ2n) is 6.79. The second kappa shape index (κ2) is 6.42. The third kappa shape index (κ3) is 2.91. The van der Waals surface area contributed by atoms with E-state index in [0.717, 1.165) is 29.3 Å². The summed E-state index contributed by atoms with van der Waals surface area (Å²) >= 11 is 0. The molecule has 0 saturated carbocycles. The summed E-state index contributed by atoms with van der Waals surface area (Å²) in [6.07, 6.45) is 4.77. The van der Waals surface area contributed by atoms with Gasteiger partial charge in [-0.15, -0.1) is 10.2 Å². The van der Waals surface area contributed by atoms with Crippen LogP contribution in [0.2, 0.25) is 0 Å². The van der Waals surface area contributed by atoms with Crippen molar-refractivity contribution in [2.45, 2.75) is 18.8 Å². The van der Waals surface area contributed by atoms with Gasteiger partial charge in [-0.3, -0.25) is 4.79 Å². The zero-order valence-electron chi connectivity index (χ0n) is 14.6.